The number of rotatable bonds is 4. The maximum atomic E-state index is 13.2. The summed E-state index contributed by atoms with van der Waals surface area (Å²) in [7, 11) is 0. The lowest BCUT2D eigenvalue weighted by molar-refractivity contribution is -0.137. The first kappa shape index (κ1) is 16.6. The van der Waals surface area contributed by atoms with E-state index >= 15 is 0 Å². The predicted molar refractivity (Wildman–Crippen MR) is 83.6 cm³/mol. The first-order valence-corrected chi connectivity index (χ1v) is 8.20. The second-order valence-corrected chi connectivity index (χ2v) is 6.53. The van der Waals surface area contributed by atoms with Crippen LogP contribution in [-0.4, -0.2) is 38.4 Å². The van der Waals surface area contributed by atoms with Crippen molar-refractivity contribution in [2.75, 3.05) is 31.2 Å². The molecule has 0 unspecified atom stereocenters. The van der Waals surface area contributed by atoms with Crippen molar-refractivity contribution in [3.8, 4) is 0 Å². The Bertz CT molecular complexity index is 529. The highest BCUT2D eigenvalue weighted by Gasteiger charge is 2.36. The van der Waals surface area contributed by atoms with Crippen LogP contribution in [-0.2, 0) is 10.9 Å². The fourth-order valence-corrected chi connectivity index (χ4v) is 3.56. The van der Waals surface area contributed by atoms with E-state index < -0.39 is 11.7 Å². The summed E-state index contributed by atoms with van der Waals surface area (Å²) in [5, 5.41) is 3.58. The maximum absolute atomic E-state index is 13.2. The van der Waals surface area contributed by atoms with Gasteiger partial charge in [-0.15, -0.1) is 0 Å². The van der Waals surface area contributed by atoms with Gasteiger partial charge in [0.15, 0.2) is 0 Å². The summed E-state index contributed by atoms with van der Waals surface area (Å²) in [5.41, 5.74) is -0.251. The molecule has 0 radical (unpaired) electrons. The normalized spacial score (nSPS) is 26.7. The van der Waals surface area contributed by atoms with Crippen LogP contribution in [0.15, 0.2) is 24.3 Å². The molecular formula is C17H23F3N2O. The van der Waals surface area contributed by atoms with E-state index in [-0.39, 0.29) is 6.04 Å². The van der Waals surface area contributed by atoms with Gasteiger partial charge in [0.05, 0.1) is 12.2 Å². The standard InChI is InChI=1S/C17H23F3N2O/c1-12(13-7-9-23-11-13)21-14-6-8-22(10-14)16-5-3-2-4-15(16)17(18,19)20/h2-5,12-14,21H,6-11H2,1H3/t12-,13+,14+/m0/s1. The van der Waals surface area contributed by atoms with Crippen molar-refractivity contribution in [2.24, 2.45) is 5.92 Å². The van der Waals surface area contributed by atoms with Gasteiger partial charge in [-0.1, -0.05) is 12.1 Å². The molecule has 0 amide bonds. The third kappa shape index (κ3) is 3.80. The molecule has 0 spiro atoms. The Morgan fingerprint density at radius 1 is 1.26 bits per heavy atom. The van der Waals surface area contributed by atoms with E-state index in [1.165, 1.54) is 6.07 Å². The molecule has 23 heavy (non-hydrogen) atoms. The average Bonchev–Trinajstić information content (AvgIpc) is 3.18. The minimum atomic E-state index is -4.31. The van der Waals surface area contributed by atoms with Gasteiger partial charge in [0, 0.05) is 37.5 Å². The molecule has 0 aromatic heterocycles. The largest absolute Gasteiger partial charge is 0.418 e. The molecule has 3 atom stereocenters. The Labute approximate surface area is 134 Å². The number of benzene rings is 1. The first-order chi connectivity index (χ1) is 10.9. The molecule has 0 saturated carbocycles. The van der Waals surface area contributed by atoms with Crippen molar-refractivity contribution in [1.82, 2.24) is 5.32 Å². The van der Waals surface area contributed by atoms with Crippen molar-refractivity contribution in [3.05, 3.63) is 29.8 Å². The van der Waals surface area contributed by atoms with Gasteiger partial charge < -0.3 is 15.0 Å². The highest BCUT2D eigenvalue weighted by molar-refractivity contribution is 5.55. The van der Waals surface area contributed by atoms with Gasteiger partial charge in [-0.3, -0.25) is 0 Å². The predicted octanol–water partition coefficient (Wildman–Crippen LogP) is 3.30. The zero-order chi connectivity index (χ0) is 16.4. The Morgan fingerprint density at radius 3 is 2.74 bits per heavy atom. The Balaban J connectivity index is 1.64. The number of alkyl halides is 3. The maximum Gasteiger partial charge on any atom is 0.418 e. The van der Waals surface area contributed by atoms with Crippen LogP contribution < -0.4 is 10.2 Å². The molecular weight excluding hydrogens is 305 g/mol. The number of nitrogens with zero attached hydrogens (tertiary/aromatic N) is 1. The van der Waals surface area contributed by atoms with E-state index in [2.05, 4.69) is 12.2 Å². The van der Waals surface area contributed by atoms with Crippen LogP contribution in [0.2, 0.25) is 0 Å². The highest BCUT2D eigenvalue weighted by Crippen LogP contribution is 2.37. The summed E-state index contributed by atoms with van der Waals surface area (Å²) in [4.78, 5) is 1.85. The van der Waals surface area contributed by atoms with Crippen LogP contribution in [0.3, 0.4) is 0 Å². The van der Waals surface area contributed by atoms with E-state index in [0.29, 0.717) is 30.7 Å². The molecule has 0 aliphatic carbocycles. The van der Waals surface area contributed by atoms with Gasteiger partial charge in [-0.2, -0.15) is 13.2 Å². The lowest BCUT2D eigenvalue weighted by Crippen LogP contribution is -2.42. The van der Waals surface area contributed by atoms with Crippen LogP contribution in [0, 0.1) is 5.92 Å². The van der Waals surface area contributed by atoms with Gasteiger partial charge in [-0.25, -0.2) is 0 Å². The molecule has 1 N–H and O–H groups in total. The first-order valence-electron chi connectivity index (χ1n) is 8.20. The van der Waals surface area contributed by atoms with Crippen LogP contribution in [0.25, 0.3) is 0 Å². The third-order valence-electron chi connectivity index (χ3n) is 4.91. The summed E-state index contributed by atoms with van der Waals surface area (Å²) < 4.78 is 44.9. The fraction of sp³-hybridized carbons (Fsp3) is 0.647. The number of nitrogens with one attached hydrogen (secondary N) is 1. The van der Waals surface area contributed by atoms with Gasteiger partial charge in [-0.05, 0) is 37.8 Å². The number of para-hydroxylation sites is 1. The lowest BCUT2D eigenvalue weighted by atomic mass is 10.00. The van der Waals surface area contributed by atoms with Crippen LogP contribution >= 0.6 is 0 Å². The Hall–Kier alpha value is -1.27. The number of hydrogen-bond acceptors (Lipinski definition) is 3. The molecule has 6 heteroatoms. The smallest absolute Gasteiger partial charge is 0.381 e. The van der Waals surface area contributed by atoms with Crippen molar-refractivity contribution in [2.45, 2.75) is 38.0 Å². The summed E-state index contributed by atoms with van der Waals surface area (Å²) in [5.74, 6) is 0.506. The molecule has 1 aromatic rings. The number of halogens is 3. The Morgan fingerprint density at radius 2 is 2.04 bits per heavy atom. The average molecular weight is 328 g/mol. The molecule has 2 aliphatic heterocycles. The van der Waals surface area contributed by atoms with Crippen molar-refractivity contribution in [1.29, 1.82) is 0 Å². The molecule has 1 aromatic carbocycles. The van der Waals surface area contributed by atoms with E-state index in [9.17, 15) is 13.2 Å². The molecule has 2 heterocycles. The fourth-order valence-electron chi connectivity index (χ4n) is 3.56. The zero-order valence-corrected chi connectivity index (χ0v) is 13.3. The van der Waals surface area contributed by atoms with Gasteiger partial charge >= 0.3 is 6.18 Å². The number of hydrogen-bond donors (Lipinski definition) is 1. The summed E-state index contributed by atoms with van der Waals surface area (Å²) in [6, 6.07) is 6.41. The van der Waals surface area contributed by atoms with Crippen LogP contribution in [0.1, 0.15) is 25.3 Å². The SMILES string of the molecule is C[C@H](N[C@@H]1CCN(c2ccccc2C(F)(F)F)C1)[C@@H]1CCOC1. The quantitative estimate of drug-likeness (QED) is 0.918. The molecule has 3 nitrogen and oxygen atoms in total. The van der Waals surface area contributed by atoms with Crippen LogP contribution in [0.4, 0.5) is 18.9 Å². The molecule has 0 bridgehead atoms. The van der Waals surface area contributed by atoms with E-state index in [1.54, 1.807) is 12.1 Å². The highest BCUT2D eigenvalue weighted by atomic mass is 19.4. The summed E-state index contributed by atoms with van der Waals surface area (Å²) in [6.45, 7) is 5.00. The van der Waals surface area contributed by atoms with Crippen LogP contribution in [0.5, 0.6) is 0 Å². The van der Waals surface area contributed by atoms with Crippen molar-refractivity contribution < 1.29 is 17.9 Å². The molecule has 2 saturated heterocycles. The summed E-state index contributed by atoms with van der Waals surface area (Å²) >= 11 is 0. The van der Waals surface area contributed by atoms with E-state index in [0.717, 1.165) is 32.1 Å². The van der Waals surface area contributed by atoms with Gasteiger partial charge in [0.25, 0.3) is 0 Å². The summed E-state index contributed by atoms with van der Waals surface area (Å²) in [6.07, 6.45) is -2.39. The second kappa shape index (κ2) is 6.69. The molecule has 2 aliphatic rings. The third-order valence-corrected chi connectivity index (χ3v) is 4.91. The van der Waals surface area contributed by atoms with Crippen molar-refractivity contribution in [3.63, 3.8) is 0 Å². The molecule has 128 valence electrons. The Kier molecular flexibility index (Phi) is 4.82. The minimum absolute atomic E-state index is 0.229. The monoisotopic (exact) mass is 328 g/mol. The number of anilines is 1. The zero-order valence-electron chi connectivity index (χ0n) is 13.3. The van der Waals surface area contributed by atoms with Crippen molar-refractivity contribution >= 4 is 5.69 Å². The second-order valence-electron chi connectivity index (χ2n) is 6.53. The lowest BCUT2D eigenvalue weighted by Gasteiger charge is -2.26. The molecule has 2 fully saturated rings. The topological polar surface area (TPSA) is 24.5 Å². The molecule has 3 rings (SSSR count). The van der Waals surface area contributed by atoms with Gasteiger partial charge in [0.1, 0.15) is 0 Å². The number of ether oxygens (including phenoxy) is 1. The van der Waals surface area contributed by atoms with E-state index in [4.69, 9.17) is 4.74 Å². The van der Waals surface area contributed by atoms with Gasteiger partial charge in [0.2, 0.25) is 0 Å². The van der Waals surface area contributed by atoms with E-state index in [1.807, 2.05) is 4.90 Å². The minimum Gasteiger partial charge on any atom is -0.381 e.